The first-order valence-corrected chi connectivity index (χ1v) is 32.9. The lowest BCUT2D eigenvalue weighted by atomic mass is 9.89. The first kappa shape index (κ1) is 56.1. The van der Waals surface area contributed by atoms with E-state index in [-0.39, 0.29) is 0 Å². The molecule has 12 aromatic carbocycles. The van der Waals surface area contributed by atoms with Gasteiger partial charge >= 0.3 is 0 Å². The Morgan fingerprint density at radius 1 is 0.448 bits per heavy atom. The van der Waals surface area contributed by atoms with Crippen molar-refractivity contribution in [2.75, 3.05) is 9.80 Å². The minimum absolute atomic E-state index is 0.813. The third-order valence-corrected chi connectivity index (χ3v) is 19.2. The average molecular weight is 1230 g/mol. The monoisotopic (exact) mass is 1230 g/mol. The maximum absolute atomic E-state index is 6.85. The highest BCUT2D eigenvalue weighted by Gasteiger charge is 2.30. The Labute approximate surface area is 554 Å². The summed E-state index contributed by atoms with van der Waals surface area (Å²) in [6.07, 6.45) is 27.1. The number of fused-ring (bicyclic) bond motifs is 15. The average Bonchev–Trinajstić information content (AvgIpc) is 1.51. The van der Waals surface area contributed by atoms with Crippen LogP contribution in [0.25, 0.3) is 143 Å². The van der Waals surface area contributed by atoms with Crippen LogP contribution in [0, 0.1) is 0 Å². The Morgan fingerprint density at radius 2 is 1.08 bits per heavy atom. The molecule has 1 N–H and O–H groups in total. The van der Waals surface area contributed by atoms with Crippen LogP contribution in [-0.4, -0.2) is 9.38 Å². The molecule has 0 unspecified atom stereocenters. The van der Waals surface area contributed by atoms with E-state index >= 15 is 0 Å². The van der Waals surface area contributed by atoms with E-state index in [0.29, 0.717) is 0 Å². The zero-order chi connectivity index (χ0) is 63.8. The van der Waals surface area contributed by atoms with E-state index in [1.165, 1.54) is 32.8 Å². The van der Waals surface area contributed by atoms with Crippen LogP contribution >= 0.6 is 0 Å². The van der Waals surface area contributed by atoms with Crippen LogP contribution in [0.2, 0.25) is 0 Å². The summed E-state index contributed by atoms with van der Waals surface area (Å²) in [5.41, 5.74) is 23.8. The van der Waals surface area contributed by atoms with Gasteiger partial charge in [0.2, 0.25) is 0 Å². The normalized spacial score (nSPS) is 13.2. The number of hydrogen-bond donors (Lipinski definition) is 1. The van der Waals surface area contributed by atoms with Crippen molar-refractivity contribution in [3.05, 3.63) is 346 Å². The quantitative estimate of drug-likeness (QED) is 0.104. The second-order valence-electron chi connectivity index (χ2n) is 24.7. The molecule has 0 spiro atoms. The molecule has 1 aliphatic rings. The summed E-state index contributed by atoms with van der Waals surface area (Å²) < 4.78 is 16.3. The zero-order valence-electron chi connectivity index (χ0n) is 52.6. The van der Waals surface area contributed by atoms with Crippen LogP contribution in [0.5, 0.6) is 0 Å². The lowest BCUT2D eigenvalue weighted by Crippen LogP contribution is -2.15. The molecule has 0 aliphatic heterocycles. The lowest BCUT2D eigenvalue weighted by Gasteiger charge is -2.27. The van der Waals surface area contributed by atoms with Gasteiger partial charge in [0.15, 0.2) is 11.2 Å². The molecule has 5 heterocycles. The van der Waals surface area contributed by atoms with Gasteiger partial charge in [-0.05, 0) is 120 Å². The van der Waals surface area contributed by atoms with Crippen LogP contribution in [0.15, 0.2) is 349 Å². The second kappa shape index (κ2) is 23.2. The Balaban J connectivity index is 0.878. The first-order chi connectivity index (χ1) is 47.6. The highest BCUT2D eigenvalue weighted by atomic mass is 16.3. The van der Waals surface area contributed by atoms with Crippen LogP contribution in [0.1, 0.15) is 18.4 Å². The van der Waals surface area contributed by atoms with Crippen molar-refractivity contribution in [1.82, 2.24) is 9.38 Å². The number of aromatic nitrogens is 2. The SMILES string of the molecule is C=C/C=C\C=C\c1cccc(N(c2ccc3c(c2)c2cccc4c5c(-c6ccccc6)c6[nH]c7c(-c8cccc(N(C(/C=C/C9=CCCC=C9)=C/C=C)c9cccc%10c9oc9ccccc9%10)c8)cccc7c6c(-c6ccccc6)c5n3c24)c2cccc3c2oc2ccccc23)c1. The summed E-state index contributed by atoms with van der Waals surface area (Å²) in [5.74, 6) is 0. The molecule has 96 heavy (non-hydrogen) atoms. The van der Waals surface area contributed by atoms with E-state index in [4.69, 9.17) is 8.83 Å². The highest BCUT2D eigenvalue weighted by molar-refractivity contribution is 6.36. The maximum atomic E-state index is 6.85. The van der Waals surface area contributed by atoms with Gasteiger partial charge in [-0.15, -0.1) is 0 Å². The fraction of sp³-hybridized carbons (Fsp3) is 0.0222. The second-order valence-corrected chi connectivity index (χ2v) is 24.7. The number of nitrogens with one attached hydrogen (secondary N) is 1. The summed E-state index contributed by atoms with van der Waals surface area (Å²) >= 11 is 0. The van der Waals surface area contributed by atoms with Crippen molar-refractivity contribution in [2.24, 2.45) is 0 Å². The lowest BCUT2D eigenvalue weighted by molar-refractivity contribution is 0.668. The molecule has 0 saturated carbocycles. The molecular formula is C90H62N4O2. The molecular weight excluding hydrogens is 1170 g/mol. The summed E-state index contributed by atoms with van der Waals surface area (Å²) in [7, 11) is 0. The molecule has 0 amide bonds. The van der Waals surface area contributed by atoms with Crippen molar-refractivity contribution < 1.29 is 8.83 Å². The summed E-state index contributed by atoms with van der Waals surface area (Å²) in [6.45, 7) is 8.12. The number of aromatic amines is 1. The molecule has 18 rings (SSSR count). The van der Waals surface area contributed by atoms with E-state index in [1.54, 1.807) is 6.08 Å². The number of para-hydroxylation sites is 6. The Kier molecular flexibility index (Phi) is 13.6. The van der Waals surface area contributed by atoms with Crippen LogP contribution < -0.4 is 9.80 Å². The molecule has 454 valence electrons. The molecule has 6 heteroatoms. The standard InChI is InChI=1S/C90H62N4O2/c1-3-5-6-10-30-59-31-21-37-64(55-59)93(78-48-26-44-72-69-40-18-20-50-80(69)96-90(72)78)66-53-54-76-75(57-66)70-42-24-46-74-84-81(60-32-13-8-14-33-60)86-83(82(61-34-15-9-16-35-61)88(84)94(76)87(70)74)73-45-23-41-67(85(73)91-86)62-36-22-38-65(56-62)92(63(27-4-2)52-51-58-28-11-7-12-29-58)77-47-25-43-71-68-39-17-19-49-79(68)95-89(71)77/h3-6,8-11,13-57,91H,1-2,7,12H2/b6-5-,30-10+,52-51+,63-27+. The molecule has 5 aromatic heterocycles. The van der Waals surface area contributed by atoms with Gasteiger partial charge in [-0.2, -0.15) is 0 Å². The van der Waals surface area contributed by atoms with Crippen molar-refractivity contribution in [2.45, 2.75) is 12.8 Å². The molecule has 0 atom stereocenters. The molecule has 0 saturated heterocycles. The number of anilines is 5. The van der Waals surface area contributed by atoms with E-state index in [0.717, 1.165) is 162 Å². The number of rotatable bonds is 15. The van der Waals surface area contributed by atoms with Gasteiger partial charge in [-0.1, -0.05) is 256 Å². The van der Waals surface area contributed by atoms with E-state index in [2.05, 4.69) is 318 Å². The largest absolute Gasteiger partial charge is 0.454 e. The third kappa shape index (κ3) is 9.09. The smallest absolute Gasteiger partial charge is 0.159 e. The predicted octanol–water partition coefficient (Wildman–Crippen LogP) is 25.5. The number of nitrogens with zero attached hydrogens (tertiary/aromatic N) is 3. The number of hydrogen-bond acceptors (Lipinski definition) is 4. The van der Waals surface area contributed by atoms with Crippen molar-refractivity contribution in [1.29, 1.82) is 0 Å². The molecule has 1 aliphatic carbocycles. The number of H-pyrrole nitrogens is 1. The van der Waals surface area contributed by atoms with Crippen molar-refractivity contribution in [3.8, 4) is 33.4 Å². The van der Waals surface area contributed by atoms with Gasteiger partial charge in [0.05, 0.1) is 39.0 Å². The molecule has 6 nitrogen and oxygen atoms in total. The van der Waals surface area contributed by atoms with Gasteiger partial charge in [0.1, 0.15) is 11.2 Å². The van der Waals surface area contributed by atoms with Gasteiger partial charge in [-0.3, -0.25) is 0 Å². The molecule has 0 fully saturated rings. The zero-order valence-corrected chi connectivity index (χ0v) is 52.6. The maximum Gasteiger partial charge on any atom is 0.159 e. The minimum Gasteiger partial charge on any atom is -0.454 e. The van der Waals surface area contributed by atoms with Crippen LogP contribution in [0.4, 0.5) is 28.4 Å². The first-order valence-electron chi connectivity index (χ1n) is 32.9. The van der Waals surface area contributed by atoms with Gasteiger partial charge < -0.3 is 28.0 Å². The summed E-state index contributed by atoms with van der Waals surface area (Å²) in [6, 6.07) is 90.0. The fourth-order valence-electron chi connectivity index (χ4n) is 15.1. The van der Waals surface area contributed by atoms with Crippen LogP contribution in [-0.2, 0) is 0 Å². The molecule has 17 aromatic rings. The highest BCUT2D eigenvalue weighted by Crippen LogP contribution is 2.54. The predicted molar refractivity (Wildman–Crippen MR) is 407 cm³/mol. The van der Waals surface area contributed by atoms with Crippen molar-refractivity contribution in [3.63, 3.8) is 0 Å². The van der Waals surface area contributed by atoms with E-state index in [9.17, 15) is 0 Å². The van der Waals surface area contributed by atoms with E-state index < -0.39 is 0 Å². The molecule has 0 bridgehead atoms. The van der Waals surface area contributed by atoms with Gasteiger partial charge in [0.25, 0.3) is 0 Å². The van der Waals surface area contributed by atoms with Crippen molar-refractivity contribution >= 4 is 138 Å². The van der Waals surface area contributed by atoms with Crippen LogP contribution in [0.3, 0.4) is 0 Å². The summed E-state index contributed by atoms with van der Waals surface area (Å²) in [5, 5.41) is 11.3. The summed E-state index contributed by atoms with van der Waals surface area (Å²) in [4.78, 5) is 8.92. The van der Waals surface area contributed by atoms with Gasteiger partial charge in [-0.25, -0.2) is 0 Å². The van der Waals surface area contributed by atoms with E-state index in [1.807, 2.05) is 30.4 Å². The third-order valence-electron chi connectivity index (χ3n) is 19.2. The fourth-order valence-corrected chi connectivity index (χ4v) is 15.1. The number of furan rings is 2. The Morgan fingerprint density at radius 3 is 1.84 bits per heavy atom. The topological polar surface area (TPSA) is 53.0 Å². The Bertz CT molecular complexity index is 6190. The number of benzene rings is 12. The van der Waals surface area contributed by atoms with Gasteiger partial charge in [0, 0.05) is 93.3 Å². The molecule has 0 radical (unpaired) electrons. The minimum atomic E-state index is 0.813. The number of allylic oxidation sites excluding steroid dienone is 12. The Hall–Kier alpha value is -12.6.